The maximum Gasteiger partial charge on any atom is 0.149 e. The van der Waals surface area contributed by atoms with Crippen molar-refractivity contribution in [1.29, 1.82) is 0 Å². The Hall–Kier alpha value is -5.22. The van der Waals surface area contributed by atoms with Gasteiger partial charge >= 0.3 is 0 Å². The van der Waals surface area contributed by atoms with E-state index < -0.39 is 0 Å². The van der Waals surface area contributed by atoms with Crippen LogP contribution in [0.2, 0.25) is 0 Å². The average Bonchev–Trinajstić information content (AvgIpc) is 3.60. The van der Waals surface area contributed by atoms with Crippen LogP contribution in [0.15, 0.2) is 121 Å². The highest BCUT2D eigenvalue weighted by molar-refractivity contribution is 6.15. The first-order chi connectivity index (χ1) is 20.1. The Morgan fingerprint density at radius 1 is 0.537 bits per heavy atom. The molecule has 4 aromatic carbocycles. The lowest BCUT2D eigenvalue weighted by Crippen LogP contribution is -2.15. The predicted octanol–water partition coefficient (Wildman–Crippen LogP) is 8.98. The average molecular weight is 527 g/mol. The summed E-state index contributed by atoms with van der Waals surface area (Å²) in [6.45, 7) is 4.67. The van der Waals surface area contributed by atoms with Crippen LogP contribution in [0.3, 0.4) is 0 Å². The molecule has 0 fully saturated rings. The molecule has 194 valence electrons. The van der Waals surface area contributed by atoms with Crippen molar-refractivity contribution >= 4 is 44.0 Å². The van der Waals surface area contributed by atoms with Gasteiger partial charge in [-0.25, -0.2) is 4.98 Å². The number of nitrogens with zero attached hydrogens (tertiary/aromatic N) is 4. The van der Waals surface area contributed by atoms with E-state index in [0.29, 0.717) is 0 Å². The minimum Gasteiger partial charge on any atom is -0.294 e. The molecule has 0 saturated heterocycles. The molecule has 0 unspecified atom stereocenters. The smallest absolute Gasteiger partial charge is 0.149 e. The molecule has 0 saturated carbocycles. The number of pyridine rings is 2. The van der Waals surface area contributed by atoms with Crippen LogP contribution >= 0.6 is 0 Å². The van der Waals surface area contributed by atoms with E-state index in [-0.39, 0.29) is 5.41 Å². The van der Waals surface area contributed by atoms with Gasteiger partial charge in [-0.1, -0.05) is 80.6 Å². The first-order valence-corrected chi connectivity index (χ1v) is 14.1. The Bertz CT molecular complexity index is 2340. The maximum atomic E-state index is 5.46. The van der Waals surface area contributed by atoms with Gasteiger partial charge in [0, 0.05) is 39.1 Å². The van der Waals surface area contributed by atoms with Crippen molar-refractivity contribution in [3.63, 3.8) is 0 Å². The number of fused-ring (bicyclic) bond motifs is 9. The lowest BCUT2D eigenvalue weighted by molar-refractivity contribution is 0.660. The van der Waals surface area contributed by atoms with Gasteiger partial charge in [-0.2, -0.15) is 0 Å². The number of aromatic nitrogens is 4. The number of rotatable bonds is 2. The Balaban J connectivity index is 1.39. The lowest BCUT2D eigenvalue weighted by atomic mass is 9.82. The van der Waals surface area contributed by atoms with Gasteiger partial charge < -0.3 is 0 Å². The fourth-order valence-electron chi connectivity index (χ4n) is 7.05. The van der Waals surface area contributed by atoms with Crippen LogP contribution in [0, 0.1) is 0 Å². The SMILES string of the molecule is CC1(C)c2ccccc2-c2ccc(-n3c4ccccc4c4cc5c6ncccc6n(-c6ccccc6)c5nc43)cc21. The molecule has 4 heteroatoms. The van der Waals surface area contributed by atoms with Gasteiger partial charge in [0.1, 0.15) is 11.3 Å². The minimum atomic E-state index is -0.0766. The third-order valence-corrected chi connectivity index (χ3v) is 8.96. The van der Waals surface area contributed by atoms with E-state index in [0.717, 1.165) is 50.0 Å². The monoisotopic (exact) mass is 526 g/mol. The summed E-state index contributed by atoms with van der Waals surface area (Å²) < 4.78 is 4.57. The molecule has 0 spiro atoms. The molecule has 4 nitrogen and oxygen atoms in total. The van der Waals surface area contributed by atoms with Crippen LogP contribution in [-0.4, -0.2) is 19.1 Å². The minimum absolute atomic E-state index is 0.0766. The van der Waals surface area contributed by atoms with Crippen molar-refractivity contribution in [1.82, 2.24) is 19.1 Å². The molecule has 4 aromatic heterocycles. The highest BCUT2D eigenvalue weighted by atomic mass is 15.1. The summed E-state index contributed by atoms with van der Waals surface area (Å²) in [5, 5.41) is 3.38. The van der Waals surface area contributed by atoms with Crippen molar-refractivity contribution < 1.29 is 0 Å². The zero-order valence-corrected chi connectivity index (χ0v) is 22.8. The number of hydrogen-bond donors (Lipinski definition) is 0. The number of benzene rings is 4. The van der Waals surface area contributed by atoms with Crippen molar-refractivity contribution in [3.05, 3.63) is 133 Å². The Morgan fingerprint density at radius 3 is 2.15 bits per heavy atom. The predicted molar refractivity (Wildman–Crippen MR) is 168 cm³/mol. The normalized spacial score (nSPS) is 13.8. The molecule has 4 heterocycles. The standard InChI is InChI=1S/C37H26N4/c1-37(2)30-15-8-6-13-25(30)26-19-18-24(21-31(26)37)41-32-16-9-7-14-27(32)28-22-29-34-33(17-10-20-38-34)40(36(29)39-35(28)41)23-11-4-3-5-12-23/h3-22H,1-2H3. The van der Waals surface area contributed by atoms with Gasteiger partial charge in [0.2, 0.25) is 0 Å². The van der Waals surface area contributed by atoms with E-state index in [2.05, 4.69) is 126 Å². The van der Waals surface area contributed by atoms with Crippen LogP contribution in [0.5, 0.6) is 0 Å². The second-order valence-electron chi connectivity index (χ2n) is 11.5. The van der Waals surface area contributed by atoms with Crippen molar-refractivity contribution in [2.75, 3.05) is 0 Å². The largest absolute Gasteiger partial charge is 0.294 e. The Kier molecular flexibility index (Phi) is 4.36. The fourth-order valence-corrected chi connectivity index (χ4v) is 7.05. The molecule has 0 N–H and O–H groups in total. The molecule has 1 aliphatic carbocycles. The topological polar surface area (TPSA) is 35.6 Å². The maximum absolute atomic E-state index is 5.46. The summed E-state index contributed by atoms with van der Waals surface area (Å²) in [6.07, 6.45) is 1.87. The number of hydrogen-bond acceptors (Lipinski definition) is 2. The van der Waals surface area contributed by atoms with Gasteiger partial charge in [0.05, 0.1) is 16.6 Å². The van der Waals surface area contributed by atoms with Crippen LogP contribution in [0.25, 0.3) is 66.5 Å². The number of para-hydroxylation sites is 2. The van der Waals surface area contributed by atoms with Gasteiger partial charge in [0.25, 0.3) is 0 Å². The van der Waals surface area contributed by atoms with E-state index in [9.17, 15) is 0 Å². The van der Waals surface area contributed by atoms with Crippen molar-refractivity contribution in [2.24, 2.45) is 0 Å². The second-order valence-corrected chi connectivity index (χ2v) is 11.5. The fraction of sp³-hybridized carbons (Fsp3) is 0.0811. The van der Waals surface area contributed by atoms with Crippen molar-refractivity contribution in [2.45, 2.75) is 19.3 Å². The Labute approximate surface area is 237 Å². The molecule has 0 aliphatic heterocycles. The molecule has 0 atom stereocenters. The summed E-state index contributed by atoms with van der Waals surface area (Å²) in [7, 11) is 0. The van der Waals surface area contributed by atoms with E-state index >= 15 is 0 Å². The van der Waals surface area contributed by atoms with E-state index in [4.69, 9.17) is 9.97 Å². The van der Waals surface area contributed by atoms with Gasteiger partial charge in [-0.3, -0.25) is 14.1 Å². The molecule has 9 rings (SSSR count). The van der Waals surface area contributed by atoms with Crippen LogP contribution in [0.1, 0.15) is 25.0 Å². The summed E-state index contributed by atoms with van der Waals surface area (Å²) in [5.74, 6) is 0. The highest BCUT2D eigenvalue weighted by Crippen LogP contribution is 2.49. The molecule has 8 aromatic rings. The van der Waals surface area contributed by atoms with Gasteiger partial charge in [-0.05, 0) is 70.8 Å². The summed E-state index contributed by atoms with van der Waals surface area (Å²) in [4.78, 5) is 10.3. The van der Waals surface area contributed by atoms with E-state index in [1.807, 2.05) is 18.3 Å². The van der Waals surface area contributed by atoms with Crippen LogP contribution in [-0.2, 0) is 5.41 Å². The highest BCUT2D eigenvalue weighted by Gasteiger charge is 2.35. The molecule has 0 radical (unpaired) electrons. The zero-order valence-electron chi connectivity index (χ0n) is 22.8. The van der Waals surface area contributed by atoms with Gasteiger partial charge in [0.15, 0.2) is 0 Å². The third-order valence-electron chi connectivity index (χ3n) is 8.96. The first kappa shape index (κ1) is 22.6. The lowest BCUT2D eigenvalue weighted by Gasteiger charge is -2.22. The van der Waals surface area contributed by atoms with Crippen LogP contribution < -0.4 is 0 Å². The second kappa shape index (κ2) is 7.92. The molecular formula is C37H26N4. The summed E-state index contributed by atoms with van der Waals surface area (Å²) in [5.41, 5.74) is 12.6. The van der Waals surface area contributed by atoms with Crippen LogP contribution in [0.4, 0.5) is 0 Å². The molecular weight excluding hydrogens is 500 g/mol. The molecule has 0 amide bonds. The van der Waals surface area contributed by atoms with Crippen molar-refractivity contribution in [3.8, 4) is 22.5 Å². The quantitative estimate of drug-likeness (QED) is 0.225. The molecule has 0 bridgehead atoms. The summed E-state index contributed by atoms with van der Waals surface area (Å²) >= 11 is 0. The third kappa shape index (κ3) is 2.94. The first-order valence-electron chi connectivity index (χ1n) is 14.1. The molecule has 1 aliphatic rings. The van der Waals surface area contributed by atoms with E-state index in [1.54, 1.807) is 0 Å². The van der Waals surface area contributed by atoms with E-state index in [1.165, 1.54) is 27.6 Å². The zero-order chi connectivity index (χ0) is 27.3. The summed E-state index contributed by atoms with van der Waals surface area (Å²) in [6, 6.07) is 41.3. The van der Waals surface area contributed by atoms with Gasteiger partial charge in [-0.15, -0.1) is 0 Å². The Morgan fingerprint density at radius 2 is 1.24 bits per heavy atom. The molecule has 41 heavy (non-hydrogen) atoms.